The summed E-state index contributed by atoms with van der Waals surface area (Å²) in [5.41, 5.74) is 0. The van der Waals surface area contributed by atoms with Crippen molar-refractivity contribution >= 4 is 5.97 Å². The minimum absolute atomic E-state index is 0.173. The Balaban J connectivity index is 2.11. The van der Waals surface area contributed by atoms with Gasteiger partial charge in [-0.3, -0.25) is 4.79 Å². The van der Waals surface area contributed by atoms with Crippen LogP contribution >= 0.6 is 0 Å². The van der Waals surface area contributed by atoms with Crippen molar-refractivity contribution in [1.82, 2.24) is 5.32 Å². The largest absolute Gasteiger partial charge is 0.481 e. The zero-order valence-corrected chi connectivity index (χ0v) is 9.98. The molecule has 0 bridgehead atoms. The number of hydrogen-bond donors (Lipinski definition) is 3. The van der Waals surface area contributed by atoms with Crippen molar-refractivity contribution in [3.8, 4) is 0 Å². The first-order valence-electron chi connectivity index (χ1n) is 6.20. The third-order valence-corrected chi connectivity index (χ3v) is 3.49. The average molecular weight is 229 g/mol. The number of aliphatic carboxylic acids is 1. The number of aliphatic hydroxyl groups excluding tert-OH is 1. The minimum Gasteiger partial charge on any atom is -0.481 e. The maximum atomic E-state index is 10.3. The topological polar surface area (TPSA) is 69.6 Å². The molecule has 94 valence electrons. The Bertz CT molecular complexity index is 220. The van der Waals surface area contributed by atoms with E-state index in [-0.39, 0.29) is 6.42 Å². The molecule has 0 aromatic rings. The van der Waals surface area contributed by atoms with Crippen molar-refractivity contribution in [2.45, 2.75) is 45.1 Å². The van der Waals surface area contributed by atoms with Crippen LogP contribution in [-0.2, 0) is 4.79 Å². The smallest absolute Gasteiger partial charge is 0.306 e. The molecule has 4 heteroatoms. The molecule has 4 nitrogen and oxygen atoms in total. The number of carbonyl (C=O) groups is 1. The highest BCUT2D eigenvalue weighted by Gasteiger charge is 2.21. The van der Waals surface area contributed by atoms with Gasteiger partial charge in [0.2, 0.25) is 0 Å². The molecule has 0 aliphatic heterocycles. The summed E-state index contributed by atoms with van der Waals surface area (Å²) in [4.78, 5) is 10.3. The molecule has 3 N–H and O–H groups in total. The standard InChI is InChI=1S/C12H23NO3/c1-9-4-2-3-5-10(9)7-13-8-11(14)6-12(15)16/h9-11,13-14H,2-8H2,1H3,(H,15,16). The molecule has 0 spiro atoms. The van der Waals surface area contributed by atoms with Gasteiger partial charge in [0, 0.05) is 6.54 Å². The SMILES string of the molecule is CC1CCCCC1CNCC(O)CC(=O)O. The number of carboxylic acid groups (broad SMARTS) is 1. The van der Waals surface area contributed by atoms with E-state index in [1.54, 1.807) is 0 Å². The van der Waals surface area contributed by atoms with Gasteiger partial charge in [0.15, 0.2) is 0 Å². The van der Waals surface area contributed by atoms with Gasteiger partial charge >= 0.3 is 5.97 Å². The highest BCUT2D eigenvalue weighted by molar-refractivity contribution is 5.67. The molecule has 3 unspecified atom stereocenters. The van der Waals surface area contributed by atoms with E-state index in [9.17, 15) is 9.90 Å². The maximum absolute atomic E-state index is 10.3. The monoisotopic (exact) mass is 229 g/mol. The summed E-state index contributed by atoms with van der Waals surface area (Å²) in [5, 5.41) is 21.0. The lowest BCUT2D eigenvalue weighted by atomic mass is 9.80. The van der Waals surface area contributed by atoms with Gasteiger partial charge in [-0.25, -0.2) is 0 Å². The first-order chi connectivity index (χ1) is 7.59. The minimum atomic E-state index is -0.944. The third kappa shape index (κ3) is 4.94. The summed E-state index contributed by atoms with van der Waals surface area (Å²) < 4.78 is 0. The first-order valence-corrected chi connectivity index (χ1v) is 6.20. The molecule has 1 rings (SSSR count). The highest BCUT2D eigenvalue weighted by atomic mass is 16.4. The number of rotatable bonds is 6. The quantitative estimate of drug-likeness (QED) is 0.641. The normalized spacial score (nSPS) is 27.6. The fraction of sp³-hybridized carbons (Fsp3) is 0.917. The molecular formula is C12H23NO3. The van der Waals surface area contributed by atoms with Crippen LogP contribution in [0.5, 0.6) is 0 Å². The number of nitrogens with one attached hydrogen (secondary N) is 1. The first kappa shape index (κ1) is 13.5. The summed E-state index contributed by atoms with van der Waals surface area (Å²) in [6.45, 7) is 3.56. The second-order valence-corrected chi connectivity index (χ2v) is 4.93. The van der Waals surface area contributed by atoms with Crippen molar-refractivity contribution in [3.63, 3.8) is 0 Å². The Morgan fingerprint density at radius 2 is 2.12 bits per heavy atom. The van der Waals surface area contributed by atoms with Crippen LogP contribution in [0.2, 0.25) is 0 Å². The number of aliphatic hydroxyl groups is 1. The molecule has 0 aromatic carbocycles. The highest BCUT2D eigenvalue weighted by Crippen LogP contribution is 2.28. The number of hydrogen-bond acceptors (Lipinski definition) is 3. The lowest BCUT2D eigenvalue weighted by Crippen LogP contribution is -2.35. The van der Waals surface area contributed by atoms with Crippen LogP contribution in [0.1, 0.15) is 39.0 Å². The Morgan fingerprint density at radius 3 is 2.75 bits per heavy atom. The predicted octanol–water partition coefficient (Wildman–Crippen LogP) is 1.24. The lowest BCUT2D eigenvalue weighted by Gasteiger charge is -2.29. The second kappa shape index (κ2) is 6.86. The molecule has 0 aromatic heterocycles. The zero-order chi connectivity index (χ0) is 12.0. The summed E-state index contributed by atoms with van der Waals surface area (Å²) in [7, 11) is 0. The van der Waals surface area contributed by atoms with E-state index in [0.717, 1.165) is 12.5 Å². The van der Waals surface area contributed by atoms with Crippen molar-refractivity contribution < 1.29 is 15.0 Å². The van der Waals surface area contributed by atoms with Gasteiger partial charge in [0.05, 0.1) is 12.5 Å². The van der Waals surface area contributed by atoms with Crippen LogP contribution < -0.4 is 5.32 Å². The lowest BCUT2D eigenvalue weighted by molar-refractivity contribution is -0.139. The summed E-state index contributed by atoms with van der Waals surface area (Å²) in [6.07, 6.45) is 4.24. The van der Waals surface area contributed by atoms with E-state index in [0.29, 0.717) is 12.5 Å². The van der Waals surface area contributed by atoms with Crippen LogP contribution in [0.25, 0.3) is 0 Å². The van der Waals surface area contributed by atoms with Gasteiger partial charge in [-0.05, 0) is 24.8 Å². The fourth-order valence-corrected chi connectivity index (χ4v) is 2.41. The molecule has 1 saturated carbocycles. The molecule has 3 atom stereocenters. The number of carboxylic acids is 1. The van der Waals surface area contributed by atoms with Crippen LogP contribution in [0.3, 0.4) is 0 Å². The van der Waals surface area contributed by atoms with Gasteiger partial charge in [-0.1, -0.05) is 26.2 Å². The van der Waals surface area contributed by atoms with Crippen LogP contribution in [0.4, 0.5) is 0 Å². The molecule has 0 saturated heterocycles. The molecule has 0 radical (unpaired) electrons. The Kier molecular flexibility index (Phi) is 5.77. The van der Waals surface area contributed by atoms with E-state index < -0.39 is 12.1 Å². The third-order valence-electron chi connectivity index (χ3n) is 3.49. The van der Waals surface area contributed by atoms with Crippen molar-refractivity contribution in [2.75, 3.05) is 13.1 Å². The molecule has 1 aliphatic rings. The Hall–Kier alpha value is -0.610. The molecular weight excluding hydrogens is 206 g/mol. The average Bonchev–Trinajstić information content (AvgIpc) is 2.19. The van der Waals surface area contributed by atoms with Crippen LogP contribution in [-0.4, -0.2) is 35.4 Å². The molecule has 0 heterocycles. The molecule has 0 amide bonds. The molecule has 1 aliphatic carbocycles. The van der Waals surface area contributed by atoms with E-state index >= 15 is 0 Å². The summed E-state index contributed by atoms with van der Waals surface area (Å²) in [6, 6.07) is 0. The second-order valence-electron chi connectivity index (χ2n) is 4.93. The maximum Gasteiger partial charge on any atom is 0.306 e. The van der Waals surface area contributed by atoms with Crippen molar-refractivity contribution in [1.29, 1.82) is 0 Å². The van der Waals surface area contributed by atoms with Gasteiger partial charge in [0.25, 0.3) is 0 Å². The summed E-state index contributed by atoms with van der Waals surface area (Å²) >= 11 is 0. The van der Waals surface area contributed by atoms with Crippen LogP contribution in [0.15, 0.2) is 0 Å². The zero-order valence-electron chi connectivity index (χ0n) is 9.98. The molecule has 16 heavy (non-hydrogen) atoms. The Labute approximate surface area is 97.0 Å². The van der Waals surface area contributed by atoms with Crippen molar-refractivity contribution in [2.24, 2.45) is 11.8 Å². The van der Waals surface area contributed by atoms with E-state index in [4.69, 9.17) is 5.11 Å². The van der Waals surface area contributed by atoms with Crippen LogP contribution in [0, 0.1) is 11.8 Å². The van der Waals surface area contributed by atoms with Gasteiger partial charge in [0.1, 0.15) is 0 Å². The fourth-order valence-electron chi connectivity index (χ4n) is 2.41. The predicted molar refractivity (Wildman–Crippen MR) is 62.3 cm³/mol. The summed E-state index contributed by atoms with van der Waals surface area (Å²) in [5.74, 6) is 0.490. The van der Waals surface area contributed by atoms with E-state index in [2.05, 4.69) is 12.2 Å². The van der Waals surface area contributed by atoms with Gasteiger partial charge < -0.3 is 15.5 Å². The van der Waals surface area contributed by atoms with Gasteiger partial charge in [-0.2, -0.15) is 0 Å². The van der Waals surface area contributed by atoms with E-state index in [1.807, 2.05) is 0 Å². The Morgan fingerprint density at radius 1 is 1.44 bits per heavy atom. The van der Waals surface area contributed by atoms with Gasteiger partial charge in [-0.15, -0.1) is 0 Å². The van der Waals surface area contributed by atoms with Crippen molar-refractivity contribution in [3.05, 3.63) is 0 Å². The molecule has 1 fully saturated rings. The van der Waals surface area contributed by atoms with E-state index in [1.165, 1.54) is 25.7 Å².